The summed E-state index contributed by atoms with van der Waals surface area (Å²) >= 11 is 0. The van der Waals surface area contributed by atoms with E-state index in [4.69, 9.17) is 24.4 Å². The normalized spacial score (nSPS) is 30.4. The van der Waals surface area contributed by atoms with Crippen LogP contribution in [0.25, 0.3) is 0 Å². The number of hydrogen-bond donors (Lipinski definition) is 5. The highest BCUT2D eigenvalue weighted by Gasteiger charge is 2.52. The molecule has 0 radical (unpaired) electrons. The third-order valence-corrected chi connectivity index (χ3v) is 3.78. The summed E-state index contributed by atoms with van der Waals surface area (Å²) < 4.78 is 26.2. The zero-order valence-corrected chi connectivity index (χ0v) is 13.8. The summed E-state index contributed by atoms with van der Waals surface area (Å²) in [5.41, 5.74) is 0. The molecule has 1 aliphatic heterocycles. The second kappa shape index (κ2) is 8.00. The Morgan fingerprint density at radius 2 is 2.04 bits per heavy atom. The Morgan fingerprint density at radius 3 is 2.48 bits per heavy atom. The van der Waals surface area contributed by atoms with Gasteiger partial charge in [0.1, 0.15) is 6.10 Å². The SMILES string of the molecule is CC(C)CO[C@]1(C(=O)O)C[C@@H](OP(=O)(O)O)CC([C@H](O)CO)O1. The maximum Gasteiger partial charge on any atom is 0.469 e. The van der Waals surface area contributed by atoms with Crippen LogP contribution in [0.4, 0.5) is 0 Å². The molecule has 1 unspecified atom stereocenters. The van der Waals surface area contributed by atoms with Crippen molar-refractivity contribution < 1.29 is 48.5 Å². The van der Waals surface area contributed by atoms with Gasteiger partial charge in [-0.15, -0.1) is 0 Å². The molecule has 136 valence electrons. The molecule has 0 saturated carbocycles. The van der Waals surface area contributed by atoms with Crippen LogP contribution in [0.3, 0.4) is 0 Å². The summed E-state index contributed by atoms with van der Waals surface area (Å²) in [7, 11) is -4.87. The molecule has 1 aliphatic rings. The van der Waals surface area contributed by atoms with Crippen LogP contribution in [0.1, 0.15) is 26.7 Å². The van der Waals surface area contributed by atoms with E-state index in [1.165, 1.54) is 0 Å². The first-order valence-corrected chi connectivity index (χ1v) is 8.60. The Bertz CT molecular complexity index is 449. The van der Waals surface area contributed by atoms with Crippen LogP contribution in [-0.4, -0.2) is 68.4 Å². The van der Waals surface area contributed by atoms with Gasteiger partial charge in [0.25, 0.3) is 5.79 Å². The number of aliphatic hydroxyl groups excluding tert-OH is 2. The fourth-order valence-electron chi connectivity index (χ4n) is 2.20. The molecule has 1 fully saturated rings. The summed E-state index contributed by atoms with van der Waals surface area (Å²) in [6, 6.07) is 0. The van der Waals surface area contributed by atoms with Crippen LogP contribution >= 0.6 is 7.82 Å². The molecule has 0 bridgehead atoms. The van der Waals surface area contributed by atoms with E-state index in [-0.39, 0.29) is 18.9 Å². The van der Waals surface area contributed by atoms with Crippen molar-refractivity contribution >= 4 is 13.8 Å². The average molecular weight is 358 g/mol. The molecule has 1 rings (SSSR count). The number of phosphoric acid groups is 1. The Balaban J connectivity index is 3.04. The number of aliphatic carboxylic acids is 1. The van der Waals surface area contributed by atoms with E-state index in [0.717, 1.165) is 0 Å². The van der Waals surface area contributed by atoms with E-state index in [9.17, 15) is 19.6 Å². The lowest BCUT2D eigenvalue weighted by Gasteiger charge is -2.42. The van der Waals surface area contributed by atoms with Gasteiger partial charge in [-0.1, -0.05) is 13.8 Å². The van der Waals surface area contributed by atoms with Gasteiger partial charge in [-0.25, -0.2) is 9.36 Å². The van der Waals surface area contributed by atoms with Crippen molar-refractivity contribution in [2.24, 2.45) is 5.92 Å². The lowest BCUT2D eigenvalue weighted by molar-refractivity contribution is -0.302. The van der Waals surface area contributed by atoms with E-state index in [1.807, 2.05) is 0 Å². The summed E-state index contributed by atoms with van der Waals surface area (Å²) in [5.74, 6) is -3.75. The minimum atomic E-state index is -4.87. The maximum atomic E-state index is 11.6. The first kappa shape index (κ1) is 20.5. The number of carboxylic acids is 1. The number of hydrogen-bond acceptors (Lipinski definition) is 7. The Kier molecular flexibility index (Phi) is 7.12. The van der Waals surface area contributed by atoms with Gasteiger partial charge < -0.3 is 34.6 Å². The van der Waals surface area contributed by atoms with Crippen molar-refractivity contribution in [1.82, 2.24) is 0 Å². The number of rotatable bonds is 8. The van der Waals surface area contributed by atoms with Gasteiger partial charge in [-0.2, -0.15) is 0 Å². The summed E-state index contributed by atoms with van der Waals surface area (Å²) in [4.78, 5) is 29.5. The number of carboxylic acid groups (broad SMARTS) is 1. The first-order chi connectivity index (χ1) is 10.5. The van der Waals surface area contributed by atoms with Gasteiger partial charge in [-0.3, -0.25) is 4.52 Å². The van der Waals surface area contributed by atoms with Gasteiger partial charge in [0.2, 0.25) is 0 Å². The third-order valence-electron chi connectivity index (χ3n) is 3.21. The van der Waals surface area contributed by atoms with E-state index in [2.05, 4.69) is 4.52 Å². The molecule has 1 saturated heterocycles. The number of phosphoric ester groups is 1. The van der Waals surface area contributed by atoms with E-state index in [1.54, 1.807) is 13.8 Å². The van der Waals surface area contributed by atoms with Crippen molar-refractivity contribution in [1.29, 1.82) is 0 Å². The van der Waals surface area contributed by atoms with Crippen LogP contribution in [0, 0.1) is 5.92 Å². The molecule has 10 nitrogen and oxygen atoms in total. The molecule has 11 heteroatoms. The minimum absolute atomic E-state index is 0.0108. The lowest BCUT2D eigenvalue weighted by atomic mass is 9.95. The van der Waals surface area contributed by atoms with E-state index in [0.29, 0.717) is 0 Å². The molecule has 0 aromatic heterocycles. The van der Waals surface area contributed by atoms with Crippen molar-refractivity contribution in [2.75, 3.05) is 13.2 Å². The lowest BCUT2D eigenvalue weighted by Crippen LogP contribution is -2.57. The van der Waals surface area contributed by atoms with Crippen LogP contribution in [-0.2, 0) is 23.4 Å². The van der Waals surface area contributed by atoms with Crippen molar-refractivity contribution in [3.63, 3.8) is 0 Å². The average Bonchev–Trinajstić information content (AvgIpc) is 2.41. The van der Waals surface area contributed by atoms with Gasteiger partial charge >= 0.3 is 13.8 Å². The zero-order chi connectivity index (χ0) is 17.8. The highest BCUT2D eigenvalue weighted by Crippen LogP contribution is 2.43. The van der Waals surface area contributed by atoms with Crippen molar-refractivity contribution in [2.45, 2.75) is 50.8 Å². The van der Waals surface area contributed by atoms with Crippen LogP contribution in [0.2, 0.25) is 0 Å². The molecule has 0 spiro atoms. The molecular formula is C12H23O10P. The standard InChI is InChI=1S/C12H23O10P/c1-7(2)6-20-12(11(15)16)4-8(22-23(17,18)19)3-10(21-12)9(14)5-13/h7-10,13-14H,3-6H2,1-2H3,(H,15,16)(H2,17,18,19)/t8-,9+,10?,12+/m0/s1. The molecule has 0 amide bonds. The van der Waals surface area contributed by atoms with Crippen LogP contribution in [0.15, 0.2) is 0 Å². The smallest absolute Gasteiger partial charge is 0.469 e. The molecule has 5 N–H and O–H groups in total. The van der Waals surface area contributed by atoms with Gasteiger partial charge in [-0.05, 0) is 5.92 Å². The van der Waals surface area contributed by atoms with Gasteiger partial charge in [0.15, 0.2) is 0 Å². The number of aliphatic hydroxyl groups is 2. The number of carbonyl (C=O) groups is 1. The summed E-state index contributed by atoms with van der Waals surface area (Å²) in [6.07, 6.45) is -4.55. The zero-order valence-electron chi connectivity index (χ0n) is 12.9. The fourth-order valence-corrected chi connectivity index (χ4v) is 2.75. The Labute approximate surface area is 133 Å². The Hall–Kier alpha value is -0.580. The number of ether oxygens (including phenoxy) is 2. The largest absolute Gasteiger partial charge is 0.477 e. The molecule has 23 heavy (non-hydrogen) atoms. The van der Waals surface area contributed by atoms with Gasteiger partial charge in [0.05, 0.1) is 25.4 Å². The van der Waals surface area contributed by atoms with Crippen LogP contribution in [0.5, 0.6) is 0 Å². The predicted octanol–water partition coefficient (Wildman–Crippen LogP) is -0.550. The molecule has 1 heterocycles. The highest BCUT2D eigenvalue weighted by atomic mass is 31.2. The van der Waals surface area contributed by atoms with Crippen molar-refractivity contribution in [3.8, 4) is 0 Å². The second-order valence-corrected chi connectivity index (χ2v) is 7.02. The molecular weight excluding hydrogens is 335 g/mol. The van der Waals surface area contributed by atoms with Crippen LogP contribution < -0.4 is 0 Å². The molecule has 4 atom stereocenters. The Morgan fingerprint density at radius 1 is 1.43 bits per heavy atom. The quantitative estimate of drug-likeness (QED) is 0.356. The fraction of sp³-hybridized carbons (Fsp3) is 0.917. The second-order valence-electron chi connectivity index (χ2n) is 5.83. The maximum absolute atomic E-state index is 11.6. The molecule has 0 aromatic carbocycles. The topological polar surface area (TPSA) is 163 Å². The van der Waals surface area contributed by atoms with E-state index >= 15 is 0 Å². The minimum Gasteiger partial charge on any atom is -0.477 e. The first-order valence-electron chi connectivity index (χ1n) is 7.07. The third kappa shape index (κ3) is 6.09. The monoisotopic (exact) mass is 358 g/mol. The molecule has 0 aliphatic carbocycles. The highest BCUT2D eigenvalue weighted by molar-refractivity contribution is 7.46. The molecule has 0 aromatic rings. The summed E-state index contributed by atoms with van der Waals surface area (Å²) in [5, 5.41) is 28.2. The predicted molar refractivity (Wildman–Crippen MR) is 75.3 cm³/mol. The van der Waals surface area contributed by atoms with Gasteiger partial charge in [0, 0.05) is 12.8 Å². The van der Waals surface area contributed by atoms with Crippen molar-refractivity contribution in [3.05, 3.63) is 0 Å². The summed E-state index contributed by atoms with van der Waals surface area (Å²) in [6.45, 7) is 2.86. The van der Waals surface area contributed by atoms with E-state index < -0.39 is 50.9 Å².